The average molecular weight is 1340 g/mol. The maximum Gasteiger partial charge on any atom is 0.306 e. The van der Waals surface area contributed by atoms with Gasteiger partial charge in [-0.05, 0) is 83.5 Å². The number of aliphatic carboxylic acids is 1. The first-order chi connectivity index (χ1) is 46.6. The van der Waals surface area contributed by atoms with E-state index in [1.165, 1.54) is 327 Å². The van der Waals surface area contributed by atoms with E-state index in [0.717, 1.165) is 51.4 Å². The molecule has 0 amide bonds. The van der Waals surface area contributed by atoms with Crippen molar-refractivity contribution < 1.29 is 42.9 Å². The number of carboxylic acid groups (broad SMARTS) is 1. The highest BCUT2D eigenvalue weighted by atomic mass is 16.7. The van der Waals surface area contributed by atoms with Crippen molar-refractivity contribution in [3.63, 3.8) is 0 Å². The van der Waals surface area contributed by atoms with Gasteiger partial charge in [0.05, 0.1) is 40.3 Å². The number of carbonyl (C=O) groups is 3. The monoisotopic (exact) mass is 1330 g/mol. The van der Waals surface area contributed by atoms with Gasteiger partial charge in [-0.3, -0.25) is 9.59 Å². The number of ether oxygens (including phenoxy) is 4. The third-order valence-electron chi connectivity index (χ3n) is 18.7. The van der Waals surface area contributed by atoms with Gasteiger partial charge in [-0.2, -0.15) is 0 Å². The molecule has 0 saturated carbocycles. The van der Waals surface area contributed by atoms with Gasteiger partial charge in [-0.25, -0.2) is 0 Å². The first kappa shape index (κ1) is 92.0. The fraction of sp³-hybridized carbons (Fsp3) is 0.849. The Kier molecular flexibility index (Phi) is 74.3. The van der Waals surface area contributed by atoms with Crippen molar-refractivity contribution >= 4 is 17.9 Å². The van der Waals surface area contributed by atoms with Crippen molar-refractivity contribution in [2.24, 2.45) is 0 Å². The number of carboxylic acids is 1. The largest absolute Gasteiger partial charge is 0.545 e. The molecular weight excluding hydrogens is 1170 g/mol. The Morgan fingerprint density at radius 2 is 0.568 bits per heavy atom. The highest BCUT2D eigenvalue weighted by molar-refractivity contribution is 5.70. The van der Waals surface area contributed by atoms with Gasteiger partial charge in [0.15, 0.2) is 12.4 Å². The Morgan fingerprint density at radius 3 is 0.842 bits per heavy atom. The zero-order chi connectivity index (χ0) is 69.0. The third kappa shape index (κ3) is 78.2. The molecule has 0 N–H and O–H groups in total. The van der Waals surface area contributed by atoms with Crippen LogP contribution in [-0.2, 0) is 33.3 Å². The lowest BCUT2D eigenvalue weighted by Gasteiger charge is -2.26. The predicted molar refractivity (Wildman–Crippen MR) is 408 cm³/mol. The van der Waals surface area contributed by atoms with Gasteiger partial charge in [-0.1, -0.05) is 376 Å². The summed E-state index contributed by atoms with van der Waals surface area (Å²) >= 11 is 0. The minimum atomic E-state index is -1.62. The summed E-state index contributed by atoms with van der Waals surface area (Å²) in [5, 5.41) is 11.9. The van der Waals surface area contributed by atoms with E-state index in [0.29, 0.717) is 23.9 Å². The van der Waals surface area contributed by atoms with Crippen molar-refractivity contribution in [1.82, 2.24) is 0 Å². The van der Waals surface area contributed by atoms with Crippen LogP contribution in [0.1, 0.15) is 412 Å². The van der Waals surface area contributed by atoms with Crippen LogP contribution in [0.25, 0.3) is 0 Å². The molecule has 556 valence electrons. The highest BCUT2D eigenvalue weighted by Gasteiger charge is 2.22. The third-order valence-corrected chi connectivity index (χ3v) is 18.7. The normalized spacial score (nSPS) is 12.9. The van der Waals surface area contributed by atoms with E-state index in [1.54, 1.807) is 0 Å². The van der Waals surface area contributed by atoms with E-state index >= 15 is 0 Å². The smallest absolute Gasteiger partial charge is 0.306 e. The second kappa shape index (κ2) is 76.7. The van der Waals surface area contributed by atoms with Gasteiger partial charge in [0.2, 0.25) is 0 Å². The fourth-order valence-corrected chi connectivity index (χ4v) is 12.4. The zero-order valence-corrected chi connectivity index (χ0v) is 63.8. The van der Waals surface area contributed by atoms with Crippen LogP contribution in [0.4, 0.5) is 0 Å². The number of hydrogen-bond donors (Lipinski definition) is 0. The summed E-state index contributed by atoms with van der Waals surface area (Å²) in [5.41, 5.74) is 0. The summed E-state index contributed by atoms with van der Waals surface area (Å²) in [4.78, 5) is 37.6. The Hall–Kier alpha value is -3.01. The molecule has 0 aliphatic heterocycles. The first-order valence-corrected chi connectivity index (χ1v) is 41.4. The second-order valence-corrected chi connectivity index (χ2v) is 29.4. The lowest BCUT2D eigenvalue weighted by atomic mass is 10.0. The molecule has 0 aromatic rings. The molecule has 9 heteroatoms. The molecule has 0 aromatic heterocycles. The van der Waals surface area contributed by atoms with Crippen LogP contribution in [0.3, 0.4) is 0 Å². The molecular formula is C86H159NO8. The van der Waals surface area contributed by atoms with Crippen LogP contribution in [0.5, 0.6) is 0 Å². The second-order valence-electron chi connectivity index (χ2n) is 29.4. The molecule has 0 heterocycles. The molecule has 95 heavy (non-hydrogen) atoms. The minimum Gasteiger partial charge on any atom is -0.545 e. The van der Waals surface area contributed by atoms with E-state index in [9.17, 15) is 19.5 Å². The number of esters is 2. The van der Waals surface area contributed by atoms with E-state index in [4.69, 9.17) is 18.9 Å². The van der Waals surface area contributed by atoms with Crippen molar-refractivity contribution in [2.75, 3.05) is 47.5 Å². The molecule has 0 spiro atoms. The number of allylic oxidation sites excluding steroid dienone is 10. The van der Waals surface area contributed by atoms with Gasteiger partial charge in [0.25, 0.3) is 0 Å². The first-order valence-electron chi connectivity index (χ1n) is 41.4. The van der Waals surface area contributed by atoms with Crippen LogP contribution in [0.15, 0.2) is 60.8 Å². The molecule has 2 atom stereocenters. The summed E-state index contributed by atoms with van der Waals surface area (Å²) in [6.07, 6.45) is 99.3. The quantitative estimate of drug-likeness (QED) is 0.0195. The molecule has 0 bridgehead atoms. The summed E-state index contributed by atoms with van der Waals surface area (Å²) < 4.78 is 22.9. The number of nitrogens with zero attached hydrogens (tertiary/aromatic N) is 1. The maximum atomic E-state index is 13.0. The van der Waals surface area contributed by atoms with Crippen molar-refractivity contribution in [2.45, 2.75) is 424 Å². The van der Waals surface area contributed by atoms with E-state index < -0.39 is 24.3 Å². The van der Waals surface area contributed by atoms with Crippen molar-refractivity contribution in [3.05, 3.63) is 60.8 Å². The fourth-order valence-electron chi connectivity index (χ4n) is 12.4. The van der Waals surface area contributed by atoms with Gasteiger partial charge in [0.1, 0.15) is 13.2 Å². The average Bonchev–Trinajstić information content (AvgIpc) is 3.24. The van der Waals surface area contributed by atoms with Gasteiger partial charge < -0.3 is 33.3 Å². The van der Waals surface area contributed by atoms with Gasteiger partial charge in [0, 0.05) is 12.8 Å². The summed E-state index contributed by atoms with van der Waals surface area (Å²) in [6, 6.07) is 0. The molecule has 0 saturated heterocycles. The Balaban J connectivity index is 3.95. The highest BCUT2D eigenvalue weighted by Crippen LogP contribution is 2.20. The Morgan fingerprint density at radius 1 is 0.316 bits per heavy atom. The molecule has 0 fully saturated rings. The van der Waals surface area contributed by atoms with Crippen molar-refractivity contribution in [1.29, 1.82) is 0 Å². The van der Waals surface area contributed by atoms with E-state index in [-0.39, 0.29) is 32.2 Å². The number of quaternary nitrogens is 1. The lowest BCUT2D eigenvalue weighted by molar-refractivity contribution is -0.870. The van der Waals surface area contributed by atoms with Crippen LogP contribution in [-0.4, -0.2) is 82.3 Å². The minimum absolute atomic E-state index is 0.149. The van der Waals surface area contributed by atoms with Gasteiger partial charge in [-0.15, -0.1) is 0 Å². The Bertz CT molecular complexity index is 1750. The van der Waals surface area contributed by atoms with E-state index in [2.05, 4.69) is 74.6 Å². The topological polar surface area (TPSA) is 111 Å². The Labute approximate surface area is 590 Å². The van der Waals surface area contributed by atoms with Gasteiger partial charge >= 0.3 is 11.9 Å². The summed E-state index contributed by atoms with van der Waals surface area (Å²) in [7, 11) is 5.95. The molecule has 0 aromatic carbocycles. The standard InChI is InChI=1S/C86H159NO8/c1-6-8-10-12-14-16-18-20-22-24-26-28-30-32-34-36-38-39-40-41-42-43-44-45-47-48-50-52-54-56-58-60-62-64-66-68-70-72-74-76-83(88)93-80-82(81-94-86(85(90)91)92-79-78-87(3,4)5)95-84(89)77-75-73-71-69-67-65-63-61-59-57-55-53-51-49-46-37-35-33-31-29-27-25-23-21-19-17-15-13-11-9-7-2/h18-21,24-27,31,33,82,86H,6-17,22-23,28-30,32,34-81H2,1-5H3/b20-18-,21-19-,26-24-,27-25-,33-31-. The maximum absolute atomic E-state index is 13.0. The van der Waals surface area contributed by atoms with Crippen LogP contribution in [0, 0.1) is 0 Å². The van der Waals surface area contributed by atoms with Crippen LogP contribution < -0.4 is 5.11 Å². The number of hydrogen-bond acceptors (Lipinski definition) is 8. The molecule has 0 aliphatic carbocycles. The number of unbranched alkanes of at least 4 members (excludes halogenated alkanes) is 53. The number of rotatable bonds is 78. The number of likely N-dealkylation sites (N-methyl/N-ethyl adjacent to an activating group) is 1. The molecule has 0 aliphatic rings. The summed E-state index contributed by atoms with van der Waals surface area (Å²) in [5.74, 6) is -2.25. The van der Waals surface area contributed by atoms with E-state index in [1.807, 2.05) is 21.1 Å². The zero-order valence-electron chi connectivity index (χ0n) is 63.8. The van der Waals surface area contributed by atoms with Crippen LogP contribution in [0.2, 0.25) is 0 Å². The summed E-state index contributed by atoms with van der Waals surface area (Å²) in [6.45, 7) is 4.79. The number of carbonyl (C=O) groups excluding carboxylic acids is 3. The molecule has 2 unspecified atom stereocenters. The SMILES string of the molecule is CCCCCCC/C=C\C/C=C\C/C=C\CCCCCCCCCCCCCCCCCCC(=O)OC(COC(=O)CCCCCCCCCCCCCCCCCCCCCCCCCCCCC/C=C\C/C=C\CCCCCCC)COC(OCC[N+](C)(C)C)C(=O)[O-]. The predicted octanol–water partition coefficient (Wildman–Crippen LogP) is 25.3. The molecule has 9 nitrogen and oxygen atoms in total. The lowest BCUT2D eigenvalue weighted by Crippen LogP contribution is -2.44. The van der Waals surface area contributed by atoms with Crippen molar-refractivity contribution in [3.8, 4) is 0 Å². The van der Waals surface area contributed by atoms with Crippen LogP contribution >= 0.6 is 0 Å². The molecule has 0 rings (SSSR count). The molecule has 0 radical (unpaired) electrons.